The van der Waals surface area contributed by atoms with Gasteiger partial charge in [-0.15, -0.1) is 0 Å². The molecule has 0 spiro atoms. The summed E-state index contributed by atoms with van der Waals surface area (Å²) in [7, 11) is -3.63. The Bertz CT molecular complexity index is 816. The van der Waals surface area contributed by atoms with Crippen molar-refractivity contribution in [1.82, 2.24) is 9.21 Å². The number of fused-ring (bicyclic) bond motifs is 1. The summed E-state index contributed by atoms with van der Waals surface area (Å²) in [4.78, 5) is 26.8. The van der Waals surface area contributed by atoms with E-state index in [4.69, 9.17) is 4.74 Å². The van der Waals surface area contributed by atoms with Gasteiger partial charge in [0, 0.05) is 45.3 Å². The monoisotopic (exact) mass is 381 g/mol. The molecule has 0 N–H and O–H groups in total. The van der Waals surface area contributed by atoms with Crippen molar-refractivity contribution in [3.63, 3.8) is 0 Å². The molecular formula is C17H23N3O5S. The standard InChI is InChI=1S/C17H23N3O5S/c1-3-25-17(22)18-8-10-19(11-9-18)26(23,24)15-4-5-16-14(12-15)6-7-20(16)13(2)21/h4-5,12H,3,6-11H2,1-2H3. The summed E-state index contributed by atoms with van der Waals surface area (Å²) in [5, 5.41) is 0. The number of carbonyl (C=O) groups excluding carboxylic acids is 2. The van der Waals surface area contributed by atoms with Crippen LogP contribution in [0.4, 0.5) is 10.5 Å². The van der Waals surface area contributed by atoms with Crippen molar-refractivity contribution in [2.45, 2.75) is 25.2 Å². The van der Waals surface area contributed by atoms with Crippen LogP contribution in [0, 0.1) is 0 Å². The molecule has 0 saturated carbocycles. The molecule has 3 rings (SSSR count). The Hall–Kier alpha value is -2.13. The molecule has 0 aromatic heterocycles. The number of piperazine rings is 1. The zero-order valence-electron chi connectivity index (χ0n) is 15.0. The molecule has 1 saturated heterocycles. The van der Waals surface area contributed by atoms with Crippen LogP contribution in [0.2, 0.25) is 0 Å². The molecule has 0 bridgehead atoms. The van der Waals surface area contributed by atoms with E-state index in [9.17, 15) is 18.0 Å². The van der Waals surface area contributed by atoms with Crippen molar-refractivity contribution in [3.8, 4) is 0 Å². The highest BCUT2D eigenvalue weighted by atomic mass is 32.2. The molecule has 0 atom stereocenters. The largest absolute Gasteiger partial charge is 0.450 e. The molecule has 1 fully saturated rings. The van der Waals surface area contributed by atoms with Gasteiger partial charge in [0.15, 0.2) is 0 Å². The lowest BCUT2D eigenvalue weighted by Gasteiger charge is -2.33. The number of amides is 2. The Morgan fingerprint density at radius 1 is 1.12 bits per heavy atom. The summed E-state index contributed by atoms with van der Waals surface area (Å²) in [5.41, 5.74) is 1.65. The van der Waals surface area contributed by atoms with Crippen molar-refractivity contribution >= 4 is 27.7 Å². The van der Waals surface area contributed by atoms with E-state index in [1.807, 2.05) is 0 Å². The minimum Gasteiger partial charge on any atom is -0.450 e. The van der Waals surface area contributed by atoms with Gasteiger partial charge < -0.3 is 14.5 Å². The quantitative estimate of drug-likeness (QED) is 0.781. The fourth-order valence-electron chi connectivity index (χ4n) is 3.34. The van der Waals surface area contributed by atoms with Crippen LogP contribution in [-0.4, -0.2) is 69.0 Å². The lowest BCUT2D eigenvalue weighted by Crippen LogP contribution is -2.50. The summed E-state index contributed by atoms with van der Waals surface area (Å²) in [6.07, 6.45) is 0.237. The Morgan fingerprint density at radius 2 is 1.81 bits per heavy atom. The SMILES string of the molecule is CCOC(=O)N1CCN(S(=O)(=O)c2ccc3c(c2)CCN3C(C)=O)CC1. The third-order valence-electron chi connectivity index (χ3n) is 4.73. The normalized spacial score (nSPS) is 17.9. The number of rotatable bonds is 3. The summed E-state index contributed by atoms with van der Waals surface area (Å²) in [6, 6.07) is 4.91. The predicted octanol–water partition coefficient (Wildman–Crippen LogP) is 1.06. The highest BCUT2D eigenvalue weighted by Crippen LogP contribution is 2.31. The van der Waals surface area contributed by atoms with Gasteiger partial charge in [-0.1, -0.05) is 0 Å². The number of benzene rings is 1. The number of hydrogen-bond donors (Lipinski definition) is 0. The van der Waals surface area contributed by atoms with Gasteiger partial charge in [-0.2, -0.15) is 4.31 Å². The maximum Gasteiger partial charge on any atom is 0.409 e. The molecule has 8 nitrogen and oxygen atoms in total. The van der Waals surface area contributed by atoms with Crippen LogP contribution >= 0.6 is 0 Å². The first-order valence-corrected chi connectivity index (χ1v) is 10.1. The van der Waals surface area contributed by atoms with Crippen molar-refractivity contribution in [2.24, 2.45) is 0 Å². The number of hydrogen-bond acceptors (Lipinski definition) is 5. The van der Waals surface area contributed by atoms with Gasteiger partial charge in [0.1, 0.15) is 0 Å². The van der Waals surface area contributed by atoms with Crippen LogP contribution in [0.15, 0.2) is 23.1 Å². The van der Waals surface area contributed by atoms with Crippen molar-refractivity contribution in [3.05, 3.63) is 23.8 Å². The lowest BCUT2D eigenvalue weighted by molar-refractivity contribution is -0.116. The Morgan fingerprint density at radius 3 is 2.42 bits per heavy atom. The van der Waals surface area contributed by atoms with Gasteiger partial charge in [-0.3, -0.25) is 4.79 Å². The molecule has 0 unspecified atom stereocenters. The summed E-state index contributed by atoms with van der Waals surface area (Å²) in [6.45, 7) is 5.19. The van der Waals surface area contributed by atoms with Gasteiger partial charge in [0.25, 0.3) is 0 Å². The van der Waals surface area contributed by atoms with E-state index in [0.29, 0.717) is 32.7 Å². The number of nitrogens with zero attached hydrogens (tertiary/aromatic N) is 3. The van der Waals surface area contributed by atoms with E-state index >= 15 is 0 Å². The molecule has 0 radical (unpaired) electrons. The molecular weight excluding hydrogens is 358 g/mol. The van der Waals surface area contributed by atoms with Gasteiger partial charge in [0.2, 0.25) is 15.9 Å². The van der Waals surface area contributed by atoms with Gasteiger partial charge in [-0.25, -0.2) is 13.2 Å². The van der Waals surface area contributed by atoms with E-state index in [1.165, 1.54) is 16.1 Å². The molecule has 2 aliphatic rings. The zero-order valence-corrected chi connectivity index (χ0v) is 15.8. The molecule has 0 aliphatic carbocycles. The second kappa shape index (κ2) is 7.24. The summed E-state index contributed by atoms with van der Waals surface area (Å²) < 4.78 is 32.2. The second-order valence-corrected chi connectivity index (χ2v) is 8.24. The van der Waals surface area contributed by atoms with Crippen LogP contribution in [0.3, 0.4) is 0 Å². The zero-order chi connectivity index (χ0) is 18.9. The van der Waals surface area contributed by atoms with E-state index in [-0.39, 0.29) is 23.9 Å². The maximum absolute atomic E-state index is 12.9. The molecule has 9 heteroatoms. The van der Waals surface area contributed by atoms with E-state index in [2.05, 4.69) is 0 Å². The van der Waals surface area contributed by atoms with Gasteiger partial charge >= 0.3 is 6.09 Å². The Kier molecular flexibility index (Phi) is 5.19. The smallest absolute Gasteiger partial charge is 0.409 e. The number of ether oxygens (including phenoxy) is 1. The van der Waals surface area contributed by atoms with Gasteiger partial charge in [-0.05, 0) is 37.1 Å². The summed E-state index contributed by atoms with van der Waals surface area (Å²) in [5.74, 6) is -0.0468. The molecule has 26 heavy (non-hydrogen) atoms. The van der Waals surface area contributed by atoms with E-state index in [1.54, 1.807) is 30.0 Å². The van der Waals surface area contributed by atoms with Crippen molar-refractivity contribution < 1.29 is 22.7 Å². The average Bonchev–Trinajstić information content (AvgIpc) is 3.05. The fourth-order valence-corrected chi connectivity index (χ4v) is 4.81. The number of sulfonamides is 1. The third-order valence-corrected chi connectivity index (χ3v) is 6.62. The molecule has 2 amide bonds. The van der Waals surface area contributed by atoms with Crippen LogP contribution < -0.4 is 4.90 Å². The third kappa shape index (κ3) is 3.41. The minimum absolute atomic E-state index is 0.0468. The highest BCUT2D eigenvalue weighted by molar-refractivity contribution is 7.89. The number of anilines is 1. The van der Waals surface area contributed by atoms with E-state index < -0.39 is 16.1 Å². The van der Waals surface area contributed by atoms with Crippen LogP contribution in [0.25, 0.3) is 0 Å². The van der Waals surface area contributed by atoms with Crippen LogP contribution in [0.1, 0.15) is 19.4 Å². The lowest BCUT2D eigenvalue weighted by atomic mass is 10.2. The first-order valence-electron chi connectivity index (χ1n) is 8.67. The first kappa shape index (κ1) is 18.7. The summed E-state index contributed by atoms with van der Waals surface area (Å²) >= 11 is 0. The first-order chi connectivity index (χ1) is 12.3. The number of carbonyl (C=O) groups is 2. The molecule has 2 aliphatic heterocycles. The van der Waals surface area contributed by atoms with Crippen LogP contribution in [0.5, 0.6) is 0 Å². The second-order valence-electron chi connectivity index (χ2n) is 6.30. The fraction of sp³-hybridized carbons (Fsp3) is 0.529. The minimum atomic E-state index is -3.63. The Labute approximate surface area is 153 Å². The van der Waals surface area contributed by atoms with Crippen molar-refractivity contribution in [2.75, 3.05) is 44.2 Å². The van der Waals surface area contributed by atoms with Crippen molar-refractivity contribution in [1.29, 1.82) is 0 Å². The molecule has 142 valence electrons. The molecule has 2 heterocycles. The maximum atomic E-state index is 12.9. The van der Waals surface area contributed by atoms with Crippen LogP contribution in [-0.2, 0) is 26.0 Å². The predicted molar refractivity (Wildman–Crippen MR) is 95.5 cm³/mol. The van der Waals surface area contributed by atoms with Gasteiger partial charge in [0.05, 0.1) is 11.5 Å². The molecule has 1 aromatic rings. The van der Waals surface area contributed by atoms with E-state index in [0.717, 1.165) is 11.3 Å². The molecule has 1 aromatic carbocycles. The topological polar surface area (TPSA) is 87.2 Å². The highest BCUT2D eigenvalue weighted by Gasteiger charge is 2.32. The Balaban J connectivity index is 1.74. The average molecular weight is 381 g/mol.